The van der Waals surface area contributed by atoms with Gasteiger partial charge in [0.2, 0.25) is 0 Å². The highest BCUT2D eigenvalue weighted by Crippen LogP contribution is 2.26. The second-order valence-corrected chi connectivity index (χ2v) is 4.21. The molecule has 0 fully saturated rings. The molecule has 0 aliphatic heterocycles. The lowest BCUT2D eigenvalue weighted by Gasteiger charge is -2.15. The molecular weight excluding hydrogens is 246 g/mol. The van der Waals surface area contributed by atoms with Crippen LogP contribution in [0.5, 0.6) is 11.5 Å². The van der Waals surface area contributed by atoms with Gasteiger partial charge in [-0.05, 0) is 24.5 Å². The quantitative estimate of drug-likeness (QED) is 0.758. The standard InChI is InChI=1S/C14H21NO4/c1-4-11(15)7-10-5-6-12(17-2)8-13(10)19-9-14(16)18-3/h5-6,8,11H,4,7,9,15H2,1-3H3. The van der Waals surface area contributed by atoms with Crippen molar-refractivity contribution in [1.82, 2.24) is 0 Å². The molecule has 5 nitrogen and oxygen atoms in total. The number of ether oxygens (including phenoxy) is 3. The van der Waals surface area contributed by atoms with Crippen LogP contribution in [0.15, 0.2) is 18.2 Å². The third kappa shape index (κ3) is 4.79. The van der Waals surface area contributed by atoms with Crippen molar-refractivity contribution in [3.8, 4) is 11.5 Å². The van der Waals surface area contributed by atoms with Crippen molar-refractivity contribution < 1.29 is 19.0 Å². The molecule has 0 saturated heterocycles. The summed E-state index contributed by atoms with van der Waals surface area (Å²) < 4.78 is 15.2. The van der Waals surface area contributed by atoms with Crippen molar-refractivity contribution in [2.45, 2.75) is 25.8 Å². The van der Waals surface area contributed by atoms with Crippen LogP contribution in [0.3, 0.4) is 0 Å². The predicted molar refractivity (Wildman–Crippen MR) is 72.5 cm³/mol. The van der Waals surface area contributed by atoms with Gasteiger partial charge in [-0.3, -0.25) is 0 Å². The van der Waals surface area contributed by atoms with Gasteiger partial charge in [0.1, 0.15) is 11.5 Å². The highest BCUT2D eigenvalue weighted by molar-refractivity contribution is 5.71. The number of benzene rings is 1. The minimum absolute atomic E-state index is 0.0638. The SMILES string of the molecule is CCC(N)Cc1ccc(OC)cc1OCC(=O)OC. The summed E-state index contributed by atoms with van der Waals surface area (Å²) in [5.74, 6) is 0.857. The lowest BCUT2D eigenvalue weighted by Crippen LogP contribution is -2.22. The normalized spacial score (nSPS) is 11.8. The van der Waals surface area contributed by atoms with Crippen molar-refractivity contribution in [2.24, 2.45) is 5.73 Å². The molecule has 0 aliphatic rings. The first-order chi connectivity index (χ1) is 9.10. The van der Waals surface area contributed by atoms with Crippen LogP contribution < -0.4 is 15.2 Å². The summed E-state index contributed by atoms with van der Waals surface area (Å²) in [4.78, 5) is 11.1. The van der Waals surface area contributed by atoms with E-state index in [-0.39, 0.29) is 12.6 Å². The highest BCUT2D eigenvalue weighted by Gasteiger charge is 2.11. The molecule has 1 atom stereocenters. The number of esters is 1. The number of hydrogen-bond donors (Lipinski definition) is 1. The molecule has 1 aromatic carbocycles. The Balaban J connectivity index is 2.85. The van der Waals surface area contributed by atoms with Gasteiger partial charge in [-0.15, -0.1) is 0 Å². The fourth-order valence-corrected chi connectivity index (χ4v) is 1.59. The summed E-state index contributed by atoms with van der Waals surface area (Å²) in [6, 6.07) is 5.57. The first kappa shape index (κ1) is 15.3. The summed E-state index contributed by atoms with van der Waals surface area (Å²) in [7, 11) is 2.90. The first-order valence-electron chi connectivity index (χ1n) is 6.22. The molecule has 0 heterocycles. The zero-order valence-corrected chi connectivity index (χ0v) is 11.6. The van der Waals surface area contributed by atoms with E-state index in [9.17, 15) is 4.79 Å². The van der Waals surface area contributed by atoms with Gasteiger partial charge in [0.15, 0.2) is 6.61 Å². The second kappa shape index (κ2) is 7.63. The largest absolute Gasteiger partial charge is 0.497 e. The summed E-state index contributed by atoms with van der Waals surface area (Å²) in [5, 5.41) is 0. The number of carbonyl (C=O) groups excluding carboxylic acids is 1. The molecule has 1 unspecified atom stereocenters. The minimum Gasteiger partial charge on any atom is -0.497 e. The van der Waals surface area contributed by atoms with Gasteiger partial charge in [-0.1, -0.05) is 13.0 Å². The Morgan fingerprint density at radius 3 is 2.68 bits per heavy atom. The summed E-state index contributed by atoms with van der Waals surface area (Å²) in [6.45, 7) is 1.90. The lowest BCUT2D eigenvalue weighted by molar-refractivity contribution is -0.142. The number of methoxy groups -OCH3 is 2. The molecule has 19 heavy (non-hydrogen) atoms. The van der Waals surface area contributed by atoms with E-state index in [0.717, 1.165) is 12.0 Å². The molecule has 0 saturated carbocycles. The van der Waals surface area contributed by atoms with Crippen molar-refractivity contribution >= 4 is 5.97 Å². The molecule has 2 N–H and O–H groups in total. The van der Waals surface area contributed by atoms with Crippen LogP contribution in [0.1, 0.15) is 18.9 Å². The van der Waals surface area contributed by atoms with Gasteiger partial charge in [-0.2, -0.15) is 0 Å². The molecule has 106 valence electrons. The molecular formula is C14H21NO4. The number of nitrogens with two attached hydrogens (primary N) is 1. The monoisotopic (exact) mass is 267 g/mol. The van der Waals surface area contributed by atoms with Gasteiger partial charge in [-0.25, -0.2) is 4.79 Å². The van der Waals surface area contributed by atoms with Crippen LogP contribution in [0, 0.1) is 0 Å². The van der Waals surface area contributed by atoms with E-state index in [1.807, 2.05) is 19.1 Å². The molecule has 0 aromatic heterocycles. The number of carbonyl (C=O) groups is 1. The zero-order valence-electron chi connectivity index (χ0n) is 11.6. The Bertz CT molecular complexity index is 420. The van der Waals surface area contributed by atoms with E-state index >= 15 is 0 Å². The smallest absolute Gasteiger partial charge is 0.343 e. The molecule has 1 rings (SSSR count). The molecule has 0 radical (unpaired) electrons. The van der Waals surface area contributed by atoms with E-state index in [1.54, 1.807) is 13.2 Å². The molecule has 0 spiro atoms. The van der Waals surface area contributed by atoms with E-state index in [0.29, 0.717) is 17.9 Å². The van der Waals surface area contributed by atoms with Gasteiger partial charge in [0.05, 0.1) is 14.2 Å². The predicted octanol–water partition coefficient (Wildman–Crippen LogP) is 1.53. The Kier molecular flexibility index (Phi) is 6.15. The summed E-state index contributed by atoms with van der Waals surface area (Å²) in [6.07, 6.45) is 1.57. The van der Waals surface area contributed by atoms with Crippen LogP contribution in [0.2, 0.25) is 0 Å². The Morgan fingerprint density at radius 2 is 2.11 bits per heavy atom. The van der Waals surface area contributed by atoms with Gasteiger partial charge in [0, 0.05) is 12.1 Å². The van der Waals surface area contributed by atoms with Crippen molar-refractivity contribution in [3.05, 3.63) is 23.8 Å². The van der Waals surface area contributed by atoms with E-state index in [2.05, 4.69) is 4.74 Å². The van der Waals surface area contributed by atoms with Crippen LogP contribution in [0.25, 0.3) is 0 Å². The van der Waals surface area contributed by atoms with Crippen molar-refractivity contribution in [2.75, 3.05) is 20.8 Å². The maximum atomic E-state index is 11.1. The minimum atomic E-state index is -0.423. The third-order valence-corrected chi connectivity index (χ3v) is 2.85. The van der Waals surface area contributed by atoms with Crippen LogP contribution >= 0.6 is 0 Å². The van der Waals surface area contributed by atoms with Gasteiger partial charge >= 0.3 is 5.97 Å². The molecule has 1 aromatic rings. The Morgan fingerprint density at radius 1 is 1.37 bits per heavy atom. The van der Waals surface area contributed by atoms with Crippen molar-refractivity contribution in [1.29, 1.82) is 0 Å². The van der Waals surface area contributed by atoms with Crippen LogP contribution in [0.4, 0.5) is 0 Å². The van der Waals surface area contributed by atoms with E-state index in [1.165, 1.54) is 7.11 Å². The fourth-order valence-electron chi connectivity index (χ4n) is 1.59. The topological polar surface area (TPSA) is 70.8 Å². The van der Waals surface area contributed by atoms with E-state index < -0.39 is 5.97 Å². The number of hydrogen-bond acceptors (Lipinski definition) is 5. The fraction of sp³-hybridized carbons (Fsp3) is 0.500. The second-order valence-electron chi connectivity index (χ2n) is 4.21. The molecule has 0 aliphatic carbocycles. The Labute approximate surface area is 113 Å². The third-order valence-electron chi connectivity index (χ3n) is 2.85. The average molecular weight is 267 g/mol. The summed E-state index contributed by atoms with van der Waals surface area (Å²) >= 11 is 0. The highest BCUT2D eigenvalue weighted by atomic mass is 16.6. The lowest BCUT2D eigenvalue weighted by atomic mass is 10.0. The average Bonchev–Trinajstić information content (AvgIpc) is 2.45. The zero-order chi connectivity index (χ0) is 14.3. The molecule has 0 bridgehead atoms. The number of rotatable bonds is 7. The van der Waals surface area contributed by atoms with Crippen LogP contribution in [-0.4, -0.2) is 32.8 Å². The van der Waals surface area contributed by atoms with Gasteiger partial charge < -0.3 is 19.9 Å². The Hall–Kier alpha value is -1.75. The van der Waals surface area contributed by atoms with Crippen LogP contribution in [-0.2, 0) is 16.0 Å². The maximum absolute atomic E-state index is 11.1. The molecule has 5 heteroatoms. The van der Waals surface area contributed by atoms with E-state index in [4.69, 9.17) is 15.2 Å². The first-order valence-corrected chi connectivity index (χ1v) is 6.22. The van der Waals surface area contributed by atoms with Gasteiger partial charge in [0.25, 0.3) is 0 Å². The van der Waals surface area contributed by atoms with Crippen molar-refractivity contribution in [3.63, 3.8) is 0 Å². The summed E-state index contributed by atoms with van der Waals surface area (Å²) in [5.41, 5.74) is 6.91. The molecule has 0 amide bonds. The maximum Gasteiger partial charge on any atom is 0.343 e.